The Morgan fingerprint density at radius 2 is 0.982 bits per heavy atom. The van der Waals surface area contributed by atoms with E-state index in [0.29, 0.717) is 11.8 Å². The van der Waals surface area contributed by atoms with E-state index in [2.05, 4.69) is 209 Å². The monoisotopic (exact) mass is 728 g/mol. The number of aryl methyl sites for hydroxylation is 2. The number of benzene rings is 6. The third-order valence-electron chi connectivity index (χ3n) is 10.8. The molecule has 276 valence electrons. The molecular weight excluding hydrogens is 681 g/mol. The molecule has 0 aliphatic heterocycles. The maximum Gasteiger partial charge on any atom is 0.144 e. The molecule has 0 fully saturated rings. The zero-order valence-electron chi connectivity index (χ0n) is 33.1. The minimum atomic E-state index is 0.292. The van der Waals surface area contributed by atoms with E-state index in [0.717, 1.165) is 39.7 Å². The second-order valence-electron chi connectivity index (χ2n) is 15.3. The number of rotatable bonds is 10. The molecule has 0 bridgehead atoms. The van der Waals surface area contributed by atoms with Gasteiger partial charge >= 0.3 is 0 Å². The first kappa shape index (κ1) is 36.5. The van der Waals surface area contributed by atoms with Crippen LogP contribution in [0.3, 0.4) is 0 Å². The van der Waals surface area contributed by atoms with Crippen molar-refractivity contribution in [3.8, 4) is 50.6 Å². The third-order valence-corrected chi connectivity index (χ3v) is 10.8. The van der Waals surface area contributed by atoms with E-state index < -0.39 is 0 Å². The Balaban J connectivity index is 1.21. The quantitative estimate of drug-likeness (QED) is 0.141. The highest BCUT2D eigenvalue weighted by Gasteiger charge is 2.22. The average Bonchev–Trinajstić information content (AvgIpc) is 3.72. The SMILES string of the molecule is Cc1cnc(-c2cccc(N(c3ccccc3)c3cccc(-c4nccn4-c4c(C(C)C)cc(-c5ccc(-c6ccccc6)cc5)cc4C(C)C)c3)c2)cc1C. The van der Waals surface area contributed by atoms with Gasteiger partial charge in [-0.3, -0.25) is 9.55 Å². The molecule has 8 aromatic rings. The molecule has 4 nitrogen and oxygen atoms in total. The fourth-order valence-corrected chi connectivity index (χ4v) is 7.58. The van der Waals surface area contributed by atoms with Crippen molar-refractivity contribution in [2.45, 2.75) is 53.4 Å². The van der Waals surface area contributed by atoms with Crippen LogP contribution in [-0.2, 0) is 0 Å². The van der Waals surface area contributed by atoms with Crippen LogP contribution in [0.15, 0.2) is 170 Å². The molecule has 4 heteroatoms. The van der Waals surface area contributed by atoms with Crippen molar-refractivity contribution >= 4 is 17.1 Å². The number of hydrogen-bond donors (Lipinski definition) is 0. The van der Waals surface area contributed by atoms with Crippen LogP contribution >= 0.6 is 0 Å². The fourth-order valence-electron chi connectivity index (χ4n) is 7.58. The Morgan fingerprint density at radius 3 is 1.59 bits per heavy atom. The predicted molar refractivity (Wildman–Crippen MR) is 235 cm³/mol. The van der Waals surface area contributed by atoms with Gasteiger partial charge in [0, 0.05) is 46.8 Å². The summed E-state index contributed by atoms with van der Waals surface area (Å²) in [5, 5.41) is 0. The molecule has 0 aliphatic rings. The Kier molecular flexibility index (Phi) is 10.2. The number of pyridine rings is 1. The summed E-state index contributed by atoms with van der Waals surface area (Å²) in [6, 6.07) is 54.5. The highest BCUT2D eigenvalue weighted by molar-refractivity contribution is 5.82. The van der Waals surface area contributed by atoms with Crippen LogP contribution in [0.5, 0.6) is 0 Å². The number of imidazole rings is 1. The number of aromatic nitrogens is 3. The van der Waals surface area contributed by atoms with Gasteiger partial charge in [-0.05, 0) is 125 Å². The molecule has 0 saturated heterocycles. The highest BCUT2D eigenvalue weighted by atomic mass is 15.1. The van der Waals surface area contributed by atoms with Crippen molar-refractivity contribution in [3.63, 3.8) is 0 Å². The lowest BCUT2D eigenvalue weighted by molar-refractivity contribution is 0.807. The van der Waals surface area contributed by atoms with Gasteiger partial charge in [0.2, 0.25) is 0 Å². The topological polar surface area (TPSA) is 34.0 Å². The molecule has 2 aromatic heterocycles. The van der Waals surface area contributed by atoms with Crippen molar-refractivity contribution < 1.29 is 0 Å². The van der Waals surface area contributed by atoms with Gasteiger partial charge in [-0.2, -0.15) is 0 Å². The van der Waals surface area contributed by atoms with Crippen molar-refractivity contribution in [3.05, 3.63) is 193 Å². The molecule has 0 saturated carbocycles. The largest absolute Gasteiger partial charge is 0.310 e. The van der Waals surface area contributed by atoms with Crippen LogP contribution in [0.2, 0.25) is 0 Å². The molecule has 6 aromatic carbocycles. The van der Waals surface area contributed by atoms with Crippen LogP contribution in [0.1, 0.15) is 61.8 Å². The number of nitrogens with zero attached hydrogens (tertiary/aromatic N) is 4. The first-order chi connectivity index (χ1) is 27.2. The molecule has 0 atom stereocenters. The predicted octanol–water partition coefficient (Wildman–Crippen LogP) is 14.3. The van der Waals surface area contributed by atoms with Gasteiger partial charge < -0.3 is 4.90 Å². The molecule has 0 N–H and O–H groups in total. The highest BCUT2D eigenvalue weighted by Crippen LogP contribution is 2.41. The minimum Gasteiger partial charge on any atom is -0.310 e. The van der Waals surface area contributed by atoms with Gasteiger partial charge in [-0.15, -0.1) is 0 Å². The Morgan fingerprint density at radius 1 is 0.464 bits per heavy atom. The Hall–Kier alpha value is -6.52. The second kappa shape index (κ2) is 15.7. The van der Waals surface area contributed by atoms with Gasteiger partial charge in [-0.1, -0.05) is 125 Å². The van der Waals surface area contributed by atoms with Crippen LogP contribution in [0.4, 0.5) is 17.1 Å². The Labute approximate surface area is 331 Å². The molecular formula is C52H48N4. The maximum absolute atomic E-state index is 5.03. The molecule has 56 heavy (non-hydrogen) atoms. The van der Waals surface area contributed by atoms with E-state index in [-0.39, 0.29) is 0 Å². The van der Waals surface area contributed by atoms with Crippen molar-refractivity contribution in [1.29, 1.82) is 0 Å². The first-order valence-electron chi connectivity index (χ1n) is 19.6. The molecule has 0 spiro atoms. The van der Waals surface area contributed by atoms with Crippen LogP contribution in [0, 0.1) is 13.8 Å². The molecule has 0 unspecified atom stereocenters. The average molecular weight is 729 g/mol. The van der Waals surface area contributed by atoms with Gasteiger partial charge in [0.1, 0.15) is 5.82 Å². The third kappa shape index (κ3) is 7.31. The van der Waals surface area contributed by atoms with E-state index in [9.17, 15) is 0 Å². The summed E-state index contributed by atoms with van der Waals surface area (Å²) in [6.45, 7) is 13.4. The lowest BCUT2D eigenvalue weighted by atomic mass is 9.88. The number of para-hydroxylation sites is 1. The molecule has 0 amide bonds. The van der Waals surface area contributed by atoms with Gasteiger partial charge in [-0.25, -0.2) is 4.98 Å². The summed E-state index contributed by atoms with van der Waals surface area (Å²) < 4.78 is 2.31. The first-order valence-corrected chi connectivity index (χ1v) is 19.6. The number of hydrogen-bond acceptors (Lipinski definition) is 3. The molecule has 0 radical (unpaired) electrons. The zero-order chi connectivity index (χ0) is 38.8. The van der Waals surface area contributed by atoms with E-state index >= 15 is 0 Å². The van der Waals surface area contributed by atoms with E-state index in [1.807, 2.05) is 12.4 Å². The van der Waals surface area contributed by atoms with Crippen molar-refractivity contribution in [1.82, 2.24) is 14.5 Å². The smallest absolute Gasteiger partial charge is 0.144 e. The molecule has 0 aliphatic carbocycles. The van der Waals surface area contributed by atoms with Crippen LogP contribution < -0.4 is 4.90 Å². The minimum absolute atomic E-state index is 0.292. The normalized spacial score (nSPS) is 11.4. The van der Waals surface area contributed by atoms with Gasteiger partial charge in [0.05, 0.1) is 11.4 Å². The molecule has 2 heterocycles. The van der Waals surface area contributed by atoms with E-state index in [1.165, 1.54) is 50.2 Å². The van der Waals surface area contributed by atoms with Crippen LogP contribution in [0.25, 0.3) is 50.6 Å². The van der Waals surface area contributed by atoms with Gasteiger partial charge in [0.15, 0.2) is 0 Å². The van der Waals surface area contributed by atoms with Gasteiger partial charge in [0.25, 0.3) is 0 Å². The summed E-state index contributed by atoms with van der Waals surface area (Å²) in [5.41, 5.74) is 17.4. The standard InChI is InChI=1S/C52H48N4/c1-35(2)48-32-44(41-25-23-40(24-26-41)39-15-9-7-10-16-39)33-49(36(3)4)51(48)55-28-27-53-52(55)43-18-14-22-47(31-43)56(45-19-11-8-12-20-45)46-21-13-17-42(30-46)50-29-37(5)38(6)34-54-50/h7-36H,1-6H3. The van der Waals surface area contributed by atoms with Crippen molar-refractivity contribution in [2.24, 2.45) is 0 Å². The summed E-state index contributed by atoms with van der Waals surface area (Å²) in [4.78, 5) is 12.1. The second-order valence-corrected chi connectivity index (χ2v) is 15.3. The van der Waals surface area contributed by atoms with E-state index in [1.54, 1.807) is 0 Å². The number of anilines is 3. The molecule has 8 rings (SSSR count). The summed E-state index contributed by atoms with van der Waals surface area (Å²) in [6.07, 6.45) is 6.02. The van der Waals surface area contributed by atoms with Crippen LogP contribution in [-0.4, -0.2) is 14.5 Å². The Bertz CT molecular complexity index is 2570. The summed E-state index contributed by atoms with van der Waals surface area (Å²) >= 11 is 0. The summed E-state index contributed by atoms with van der Waals surface area (Å²) in [5.74, 6) is 1.50. The van der Waals surface area contributed by atoms with E-state index in [4.69, 9.17) is 9.97 Å². The lowest BCUT2D eigenvalue weighted by Crippen LogP contribution is -2.11. The maximum atomic E-state index is 5.03. The lowest BCUT2D eigenvalue weighted by Gasteiger charge is -2.27. The summed E-state index contributed by atoms with van der Waals surface area (Å²) in [7, 11) is 0. The fraction of sp³-hybridized carbons (Fsp3) is 0.154. The zero-order valence-corrected chi connectivity index (χ0v) is 33.1. The van der Waals surface area contributed by atoms with Crippen molar-refractivity contribution in [2.75, 3.05) is 4.90 Å².